The third-order valence-electron chi connectivity index (χ3n) is 2.19. The Morgan fingerprint density at radius 2 is 2.17 bits per heavy atom. The molecule has 0 spiro atoms. The summed E-state index contributed by atoms with van der Waals surface area (Å²) in [4.78, 5) is 10.6. The summed E-state index contributed by atoms with van der Waals surface area (Å²) >= 11 is 3.10. The maximum atomic E-state index is 5.13. The Balaban J connectivity index is 1.90. The molecule has 0 bridgehead atoms. The van der Waals surface area contributed by atoms with Crippen LogP contribution in [0.2, 0.25) is 0 Å². The van der Waals surface area contributed by atoms with Gasteiger partial charge < -0.3 is 9.42 Å². The average molecular weight is 285 g/mol. The molecule has 0 fully saturated rings. The van der Waals surface area contributed by atoms with E-state index in [-0.39, 0.29) is 5.25 Å². The first-order valence-electron chi connectivity index (χ1n) is 5.48. The summed E-state index contributed by atoms with van der Waals surface area (Å²) in [6.45, 7) is 3.85. The van der Waals surface area contributed by atoms with E-state index in [0.29, 0.717) is 11.7 Å². The predicted molar refractivity (Wildman–Crippen MR) is 73.0 cm³/mol. The average Bonchev–Trinajstić information content (AvgIpc) is 2.94. The first-order valence-corrected chi connectivity index (χ1v) is 7.30. The quantitative estimate of drug-likeness (QED) is 0.834. The van der Waals surface area contributed by atoms with Crippen LogP contribution in [-0.4, -0.2) is 33.6 Å². The maximum Gasteiger partial charge on any atom is 0.239 e. The molecule has 0 saturated carbocycles. The summed E-state index contributed by atoms with van der Waals surface area (Å²) in [6.07, 6.45) is 0. The number of nitrogens with zero attached hydrogens (tertiary/aromatic N) is 5. The number of aromatic nitrogens is 4. The van der Waals surface area contributed by atoms with Crippen LogP contribution < -0.4 is 4.90 Å². The molecule has 0 aromatic carbocycles. The Kier molecular flexibility index (Phi) is 4.18. The highest BCUT2D eigenvalue weighted by atomic mass is 32.2. The van der Waals surface area contributed by atoms with E-state index in [0.717, 1.165) is 16.7 Å². The molecule has 18 heavy (non-hydrogen) atoms. The van der Waals surface area contributed by atoms with E-state index >= 15 is 0 Å². The highest BCUT2D eigenvalue weighted by Crippen LogP contribution is 2.29. The van der Waals surface area contributed by atoms with Gasteiger partial charge in [0.25, 0.3) is 0 Å². The Labute approximate surface area is 114 Å². The molecule has 2 rings (SSSR count). The maximum absolute atomic E-state index is 5.13. The van der Waals surface area contributed by atoms with Gasteiger partial charge in [0, 0.05) is 25.6 Å². The number of anilines is 1. The largest absolute Gasteiger partial charge is 0.353 e. The van der Waals surface area contributed by atoms with Gasteiger partial charge in [-0.25, -0.2) is 4.98 Å². The molecule has 98 valence electrons. The fourth-order valence-electron chi connectivity index (χ4n) is 1.23. The van der Waals surface area contributed by atoms with E-state index in [1.165, 1.54) is 11.5 Å². The fraction of sp³-hybridized carbons (Fsp3) is 0.600. The second-order valence-corrected chi connectivity index (χ2v) is 6.08. The third kappa shape index (κ3) is 3.20. The summed E-state index contributed by atoms with van der Waals surface area (Å²) in [7, 11) is 3.92. The third-order valence-corrected chi connectivity index (χ3v) is 4.24. The highest BCUT2D eigenvalue weighted by Gasteiger charge is 2.15. The lowest BCUT2D eigenvalue weighted by Gasteiger charge is -2.05. The zero-order chi connectivity index (χ0) is 13.1. The summed E-state index contributed by atoms with van der Waals surface area (Å²) < 4.78 is 9.44. The van der Waals surface area contributed by atoms with Crippen LogP contribution in [0.4, 0.5) is 5.13 Å². The van der Waals surface area contributed by atoms with Gasteiger partial charge in [-0.05, 0) is 13.8 Å². The van der Waals surface area contributed by atoms with Crippen molar-refractivity contribution in [2.75, 3.05) is 19.0 Å². The second-order valence-electron chi connectivity index (χ2n) is 4.02. The van der Waals surface area contributed by atoms with Gasteiger partial charge in [0.15, 0.2) is 11.6 Å². The minimum atomic E-state index is 0.150. The molecule has 1 atom stereocenters. The summed E-state index contributed by atoms with van der Waals surface area (Å²) in [5.74, 6) is 2.91. The first-order chi connectivity index (χ1) is 8.56. The first kappa shape index (κ1) is 13.3. The lowest BCUT2D eigenvalue weighted by atomic mass is 10.5. The van der Waals surface area contributed by atoms with Crippen molar-refractivity contribution >= 4 is 28.4 Å². The van der Waals surface area contributed by atoms with Gasteiger partial charge in [0.1, 0.15) is 0 Å². The lowest BCUT2D eigenvalue weighted by molar-refractivity contribution is 0.376. The van der Waals surface area contributed by atoms with Crippen LogP contribution in [0.15, 0.2) is 4.52 Å². The normalized spacial score (nSPS) is 12.7. The summed E-state index contributed by atoms with van der Waals surface area (Å²) in [5, 5.41) is 4.86. The molecule has 0 radical (unpaired) electrons. The van der Waals surface area contributed by atoms with E-state index in [1.54, 1.807) is 11.8 Å². The molecule has 0 aliphatic rings. The molecule has 0 aliphatic heterocycles. The molecule has 0 aliphatic carbocycles. The zero-order valence-corrected chi connectivity index (χ0v) is 12.4. The number of thioether (sulfide) groups is 1. The predicted octanol–water partition coefficient (Wildman–Crippen LogP) is 2.29. The van der Waals surface area contributed by atoms with Crippen molar-refractivity contribution in [2.45, 2.75) is 24.9 Å². The van der Waals surface area contributed by atoms with Crippen molar-refractivity contribution in [1.29, 1.82) is 0 Å². The van der Waals surface area contributed by atoms with Crippen molar-refractivity contribution in [1.82, 2.24) is 19.5 Å². The molecule has 2 aromatic rings. The topological polar surface area (TPSA) is 67.9 Å². The molecule has 0 saturated heterocycles. The lowest BCUT2D eigenvalue weighted by Crippen LogP contribution is -2.07. The summed E-state index contributed by atoms with van der Waals surface area (Å²) in [6, 6.07) is 0. The van der Waals surface area contributed by atoms with Gasteiger partial charge in [0.2, 0.25) is 11.0 Å². The van der Waals surface area contributed by atoms with Crippen molar-refractivity contribution < 1.29 is 4.52 Å². The van der Waals surface area contributed by atoms with Crippen LogP contribution in [0.5, 0.6) is 0 Å². The minimum absolute atomic E-state index is 0.150. The van der Waals surface area contributed by atoms with E-state index in [9.17, 15) is 0 Å². The number of rotatable bonds is 5. The van der Waals surface area contributed by atoms with Crippen molar-refractivity contribution in [3.63, 3.8) is 0 Å². The van der Waals surface area contributed by atoms with Crippen LogP contribution in [0.25, 0.3) is 0 Å². The van der Waals surface area contributed by atoms with E-state index in [1.807, 2.05) is 32.8 Å². The molecule has 1 unspecified atom stereocenters. The molecular weight excluding hydrogens is 270 g/mol. The minimum Gasteiger partial charge on any atom is -0.353 e. The van der Waals surface area contributed by atoms with Crippen molar-refractivity contribution in [2.24, 2.45) is 0 Å². The highest BCUT2D eigenvalue weighted by molar-refractivity contribution is 7.98. The fourth-order valence-corrected chi connectivity index (χ4v) is 2.68. The van der Waals surface area contributed by atoms with Crippen molar-refractivity contribution in [3.05, 3.63) is 17.5 Å². The molecule has 0 amide bonds. The van der Waals surface area contributed by atoms with Gasteiger partial charge in [-0.15, -0.1) is 11.8 Å². The standard InChI is InChI=1S/C10H15N5OS2/c1-6(9-11-7(2)13-16-9)17-5-8-12-10(15(3)4)18-14-8/h6H,5H2,1-4H3. The van der Waals surface area contributed by atoms with E-state index in [4.69, 9.17) is 4.52 Å². The van der Waals surface area contributed by atoms with Crippen LogP contribution in [0, 0.1) is 6.92 Å². The van der Waals surface area contributed by atoms with E-state index < -0.39 is 0 Å². The molecule has 2 aromatic heterocycles. The van der Waals surface area contributed by atoms with Crippen LogP contribution in [-0.2, 0) is 5.75 Å². The molecule has 0 N–H and O–H groups in total. The van der Waals surface area contributed by atoms with Crippen LogP contribution in [0.3, 0.4) is 0 Å². The number of aryl methyl sites for hydroxylation is 1. The van der Waals surface area contributed by atoms with E-state index in [2.05, 4.69) is 19.5 Å². The molecule has 6 nitrogen and oxygen atoms in total. The molecule has 8 heteroatoms. The Hall–Kier alpha value is -1.15. The van der Waals surface area contributed by atoms with Gasteiger partial charge in [-0.2, -0.15) is 9.36 Å². The van der Waals surface area contributed by atoms with Gasteiger partial charge in [-0.1, -0.05) is 5.16 Å². The van der Waals surface area contributed by atoms with Gasteiger partial charge in [0.05, 0.1) is 11.0 Å². The number of hydrogen-bond donors (Lipinski definition) is 0. The monoisotopic (exact) mass is 285 g/mol. The smallest absolute Gasteiger partial charge is 0.239 e. The Morgan fingerprint density at radius 3 is 2.72 bits per heavy atom. The Morgan fingerprint density at radius 1 is 1.39 bits per heavy atom. The molecular formula is C10H15N5OS2. The van der Waals surface area contributed by atoms with Gasteiger partial charge >= 0.3 is 0 Å². The number of hydrogen-bond acceptors (Lipinski definition) is 8. The van der Waals surface area contributed by atoms with Gasteiger partial charge in [-0.3, -0.25) is 0 Å². The zero-order valence-electron chi connectivity index (χ0n) is 10.7. The van der Waals surface area contributed by atoms with Crippen LogP contribution >= 0.6 is 23.3 Å². The molecule has 2 heterocycles. The summed E-state index contributed by atoms with van der Waals surface area (Å²) in [5.41, 5.74) is 0. The Bertz CT molecular complexity index is 510. The SMILES string of the molecule is Cc1noc(C(C)SCc2nsc(N(C)C)n2)n1. The second kappa shape index (κ2) is 5.66. The van der Waals surface area contributed by atoms with Crippen molar-refractivity contribution in [3.8, 4) is 0 Å². The van der Waals surface area contributed by atoms with Crippen LogP contribution in [0.1, 0.15) is 29.7 Å².